The summed E-state index contributed by atoms with van der Waals surface area (Å²) in [5, 5.41) is 0. The second kappa shape index (κ2) is 6.90. The third kappa shape index (κ3) is 4.11. The Morgan fingerprint density at radius 1 is 1.12 bits per heavy atom. The van der Waals surface area contributed by atoms with Crippen LogP contribution in [0, 0.1) is 5.92 Å². The molecule has 136 valence electrons. The van der Waals surface area contributed by atoms with Crippen LogP contribution in [0.15, 0.2) is 29.2 Å². The zero-order valence-corrected chi connectivity index (χ0v) is 15.3. The minimum absolute atomic E-state index is 0.0319. The summed E-state index contributed by atoms with van der Waals surface area (Å²) >= 11 is 0. The van der Waals surface area contributed by atoms with E-state index in [0.717, 1.165) is 31.2 Å². The van der Waals surface area contributed by atoms with Gasteiger partial charge in [0.05, 0.1) is 4.90 Å². The molecule has 3 rings (SSSR count). The molecule has 0 aromatic heterocycles. The summed E-state index contributed by atoms with van der Waals surface area (Å²) in [5.74, 6) is -0.192. The molecule has 0 bridgehead atoms. The predicted octanol–water partition coefficient (Wildman–Crippen LogP) is 2.86. The van der Waals surface area contributed by atoms with Crippen molar-refractivity contribution in [1.82, 2.24) is 0 Å². The first-order valence-electron chi connectivity index (χ1n) is 8.81. The zero-order chi connectivity index (χ0) is 18.1. The highest BCUT2D eigenvalue weighted by atomic mass is 32.2. The van der Waals surface area contributed by atoms with Gasteiger partial charge in [-0.25, -0.2) is 8.42 Å². The number of ether oxygens (including phenoxy) is 1. The van der Waals surface area contributed by atoms with Crippen molar-refractivity contribution >= 4 is 21.6 Å². The molecule has 1 aromatic carbocycles. The van der Waals surface area contributed by atoms with Gasteiger partial charge in [0.15, 0.2) is 9.84 Å². The Morgan fingerprint density at radius 2 is 1.76 bits per heavy atom. The lowest BCUT2D eigenvalue weighted by Gasteiger charge is -2.41. The van der Waals surface area contributed by atoms with Crippen molar-refractivity contribution in [2.75, 3.05) is 6.26 Å². The van der Waals surface area contributed by atoms with Crippen molar-refractivity contribution in [3.63, 3.8) is 0 Å². The van der Waals surface area contributed by atoms with Crippen LogP contribution in [0.25, 0.3) is 0 Å². The third-order valence-corrected chi connectivity index (χ3v) is 6.57. The molecule has 25 heavy (non-hydrogen) atoms. The van der Waals surface area contributed by atoms with E-state index in [2.05, 4.69) is 0 Å². The summed E-state index contributed by atoms with van der Waals surface area (Å²) in [4.78, 5) is 24.2. The second-order valence-electron chi connectivity index (χ2n) is 7.33. The number of hydrogen-bond acceptors (Lipinski definition) is 5. The molecular formula is C19H24O5S. The Kier molecular flexibility index (Phi) is 5.00. The largest absolute Gasteiger partial charge is 0.458 e. The normalized spacial score (nSPS) is 25.2. The summed E-state index contributed by atoms with van der Waals surface area (Å²) in [6.45, 7) is 0. The molecule has 0 radical (unpaired) electrons. The van der Waals surface area contributed by atoms with Crippen LogP contribution < -0.4 is 0 Å². The van der Waals surface area contributed by atoms with Crippen molar-refractivity contribution in [2.24, 2.45) is 5.92 Å². The lowest BCUT2D eigenvalue weighted by Crippen LogP contribution is -2.48. The molecular weight excluding hydrogens is 340 g/mol. The summed E-state index contributed by atoms with van der Waals surface area (Å²) in [7, 11) is -3.21. The van der Waals surface area contributed by atoms with Gasteiger partial charge in [-0.15, -0.1) is 0 Å². The molecule has 6 heteroatoms. The van der Waals surface area contributed by atoms with E-state index in [0.29, 0.717) is 24.2 Å². The molecule has 1 aromatic rings. The van der Waals surface area contributed by atoms with Crippen LogP contribution in [0.3, 0.4) is 0 Å². The first-order chi connectivity index (χ1) is 11.8. The van der Waals surface area contributed by atoms with E-state index < -0.39 is 21.4 Å². The van der Waals surface area contributed by atoms with Gasteiger partial charge in [-0.3, -0.25) is 9.59 Å². The average molecular weight is 364 g/mol. The number of sulfone groups is 1. The van der Waals surface area contributed by atoms with Crippen LogP contribution in [0.5, 0.6) is 0 Å². The predicted molar refractivity (Wildman–Crippen MR) is 92.9 cm³/mol. The molecule has 0 N–H and O–H groups in total. The number of carbonyl (C=O) groups is 2. The second-order valence-corrected chi connectivity index (χ2v) is 9.34. The molecule has 5 nitrogen and oxygen atoms in total. The fraction of sp³-hybridized carbons (Fsp3) is 0.579. The van der Waals surface area contributed by atoms with E-state index in [-0.39, 0.29) is 18.1 Å². The maximum absolute atomic E-state index is 12.0. The third-order valence-electron chi connectivity index (χ3n) is 5.44. The van der Waals surface area contributed by atoms with Gasteiger partial charge in [0.25, 0.3) is 0 Å². The number of aryl methyl sites for hydroxylation is 1. The van der Waals surface area contributed by atoms with E-state index in [1.165, 1.54) is 6.26 Å². The number of ketones is 1. The van der Waals surface area contributed by atoms with Gasteiger partial charge in [0.2, 0.25) is 0 Å². The Labute approximate surface area is 148 Å². The van der Waals surface area contributed by atoms with E-state index in [1.807, 2.05) is 0 Å². The number of hydrogen-bond donors (Lipinski definition) is 0. The fourth-order valence-electron chi connectivity index (χ4n) is 4.14. The molecule has 2 fully saturated rings. The SMILES string of the molecule is CS(=O)(=O)c1ccc(CCC2(C3CCCC3)CC(=O)CC(=O)O2)cc1. The minimum Gasteiger partial charge on any atom is -0.458 e. The molecule has 1 saturated heterocycles. The monoisotopic (exact) mass is 364 g/mol. The average Bonchev–Trinajstić information content (AvgIpc) is 3.07. The Morgan fingerprint density at radius 3 is 2.32 bits per heavy atom. The number of esters is 1. The highest BCUT2D eigenvalue weighted by Gasteiger charge is 2.47. The fourth-order valence-corrected chi connectivity index (χ4v) is 4.77. The van der Waals surface area contributed by atoms with E-state index >= 15 is 0 Å². The van der Waals surface area contributed by atoms with Gasteiger partial charge >= 0.3 is 5.97 Å². The number of carbonyl (C=O) groups excluding carboxylic acids is 2. The van der Waals surface area contributed by atoms with Crippen molar-refractivity contribution in [2.45, 2.75) is 61.9 Å². The summed E-state index contributed by atoms with van der Waals surface area (Å²) in [6.07, 6.45) is 6.85. The van der Waals surface area contributed by atoms with Crippen molar-refractivity contribution in [1.29, 1.82) is 0 Å². The number of rotatable bonds is 5. The first-order valence-corrected chi connectivity index (χ1v) is 10.7. The molecule has 1 aliphatic heterocycles. The van der Waals surface area contributed by atoms with E-state index in [4.69, 9.17) is 4.74 Å². The molecule has 0 amide bonds. The molecule has 1 saturated carbocycles. The number of Topliss-reactive ketones (excluding diaryl/α,β-unsaturated/α-hetero) is 1. The smallest absolute Gasteiger partial charge is 0.313 e. The summed E-state index contributed by atoms with van der Waals surface area (Å²) in [5.41, 5.74) is 0.303. The highest BCUT2D eigenvalue weighted by Crippen LogP contribution is 2.43. The van der Waals surface area contributed by atoms with Gasteiger partial charge in [0.1, 0.15) is 17.8 Å². The maximum Gasteiger partial charge on any atom is 0.313 e. The maximum atomic E-state index is 12.0. The minimum atomic E-state index is -3.21. The molecule has 1 aliphatic carbocycles. The lowest BCUT2D eigenvalue weighted by atomic mass is 9.76. The van der Waals surface area contributed by atoms with Crippen molar-refractivity contribution in [3.05, 3.63) is 29.8 Å². The van der Waals surface area contributed by atoms with Crippen LogP contribution >= 0.6 is 0 Å². The summed E-state index contributed by atoms with van der Waals surface area (Å²) < 4.78 is 28.9. The van der Waals surface area contributed by atoms with Crippen molar-refractivity contribution in [3.8, 4) is 0 Å². The Bertz CT molecular complexity index is 742. The molecule has 1 unspecified atom stereocenters. The van der Waals surface area contributed by atoms with Crippen LogP contribution in [0.4, 0.5) is 0 Å². The van der Waals surface area contributed by atoms with E-state index in [9.17, 15) is 18.0 Å². The van der Waals surface area contributed by atoms with Crippen molar-refractivity contribution < 1.29 is 22.7 Å². The highest BCUT2D eigenvalue weighted by molar-refractivity contribution is 7.90. The summed E-state index contributed by atoms with van der Waals surface area (Å²) in [6, 6.07) is 6.80. The molecule has 1 atom stereocenters. The Balaban J connectivity index is 1.77. The standard InChI is InChI=1S/C19H24O5S/c1-25(22,23)17-8-6-14(7-9-17)10-11-19(15-4-2-3-5-15)13-16(20)12-18(21)24-19/h6-9,15H,2-5,10-13H2,1H3. The Hall–Kier alpha value is -1.69. The molecule has 1 heterocycles. The van der Waals surface area contributed by atoms with Gasteiger partial charge < -0.3 is 4.74 Å². The van der Waals surface area contributed by atoms with E-state index in [1.54, 1.807) is 24.3 Å². The van der Waals surface area contributed by atoms with Gasteiger partial charge in [0, 0.05) is 12.7 Å². The van der Waals surface area contributed by atoms with Gasteiger partial charge in [-0.05, 0) is 49.3 Å². The topological polar surface area (TPSA) is 77.5 Å². The van der Waals surface area contributed by atoms with Crippen LogP contribution in [-0.4, -0.2) is 32.0 Å². The number of cyclic esters (lactones) is 1. The molecule has 0 spiro atoms. The lowest BCUT2D eigenvalue weighted by molar-refractivity contribution is -0.178. The quantitative estimate of drug-likeness (QED) is 0.593. The molecule has 2 aliphatic rings. The van der Waals surface area contributed by atoms with Gasteiger partial charge in [-0.1, -0.05) is 25.0 Å². The van der Waals surface area contributed by atoms with Crippen LogP contribution in [0.1, 0.15) is 50.5 Å². The number of benzene rings is 1. The van der Waals surface area contributed by atoms with Gasteiger partial charge in [-0.2, -0.15) is 0 Å². The zero-order valence-electron chi connectivity index (χ0n) is 14.5. The van der Waals surface area contributed by atoms with Crippen LogP contribution in [0.2, 0.25) is 0 Å². The first kappa shape index (κ1) is 18.1. The van der Waals surface area contributed by atoms with Crippen LogP contribution in [-0.2, 0) is 30.6 Å².